The molecule has 0 aliphatic carbocycles. The van der Waals surface area contributed by atoms with Crippen LogP contribution in [0.4, 0.5) is 5.69 Å². The zero-order chi connectivity index (χ0) is 14.4. The summed E-state index contributed by atoms with van der Waals surface area (Å²) in [5, 5.41) is 3.34. The molecule has 0 heterocycles. The van der Waals surface area contributed by atoms with Crippen molar-refractivity contribution >= 4 is 29.1 Å². The van der Waals surface area contributed by atoms with Gasteiger partial charge in [0.1, 0.15) is 6.04 Å². The number of anilines is 1. The fourth-order valence-electron chi connectivity index (χ4n) is 1.62. The zero-order valence-electron chi connectivity index (χ0n) is 11.0. The maximum Gasteiger partial charge on any atom is 0.246 e. The van der Waals surface area contributed by atoms with Gasteiger partial charge in [-0.2, -0.15) is 0 Å². The van der Waals surface area contributed by atoms with Gasteiger partial charge >= 0.3 is 0 Å². The molecule has 0 aliphatic rings. The van der Waals surface area contributed by atoms with Crippen LogP contribution in [0.15, 0.2) is 36.9 Å². The molecule has 2 amide bonds. The Kier molecular flexibility index (Phi) is 5.57. The summed E-state index contributed by atoms with van der Waals surface area (Å²) in [5.41, 5.74) is 0.642. The van der Waals surface area contributed by atoms with Gasteiger partial charge in [0.2, 0.25) is 11.8 Å². The topological polar surface area (TPSA) is 49.4 Å². The van der Waals surface area contributed by atoms with Crippen LogP contribution in [0.25, 0.3) is 0 Å². The number of amides is 2. The summed E-state index contributed by atoms with van der Waals surface area (Å²) in [6, 6.07) is 6.23. The monoisotopic (exact) mass is 280 g/mol. The molecule has 0 fully saturated rings. The summed E-state index contributed by atoms with van der Waals surface area (Å²) >= 11 is 5.77. The van der Waals surface area contributed by atoms with Gasteiger partial charge in [-0.15, -0.1) is 6.58 Å². The van der Waals surface area contributed by atoms with E-state index in [-0.39, 0.29) is 11.8 Å². The molecule has 102 valence electrons. The number of benzene rings is 1. The first-order valence-corrected chi connectivity index (χ1v) is 6.28. The first kappa shape index (κ1) is 15.2. The van der Waals surface area contributed by atoms with Crippen LogP contribution < -0.4 is 5.32 Å². The number of halogens is 1. The number of nitrogens with zero attached hydrogens (tertiary/aromatic N) is 1. The molecule has 0 bridgehead atoms. The van der Waals surface area contributed by atoms with Crippen molar-refractivity contribution < 1.29 is 9.59 Å². The maximum absolute atomic E-state index is 12.0. The largest absolute Gasteiger partial charge is 0.327 e. The van der Waals surface area contributed by atoms with Crippen molar-refractivity contribution in [2.45, 2.75) is 19.9 Å². The van der Waals surface area contributed by atoms with Crippen molar-refractivity contribution in [1.29, 1.82) is 0 Å². The molecule has 1 atom stereocenters. The van der Waals surface area contributed by atoms with E-state index in [0.717, 1.165) is 0 Å². The molecule has 0 aliphatic heterocycles. The molecule has 5 heteroatoms. The smallest absolute Gasteiger partial charge is 0.246 e. The van der Waals surface area contributed by atoms with Crippen LogP contribution in [-0.4, -0.2) is 29.3 Å². The Labute approximate surface area is 118 Å². The van der Waals surface area contributed by atoms with Gasteiger partial charge < -0.3 is 10.2 Å². The van der Waals surface area contributed by atoms with E-state index in [4.69, 9.17) is 11.6 Å². The minimum atomic E-state index is -0.564. The highest BCUT2D eigenvalue weighted by molar-refractivity contribution is 6.30. The molecule has 0 spiro atoms. The average molecular weight is 281 g/mol. The number of nitrogens with one attached hydrogen (secondary N) is 1. The normalized spacial score (nSPS) is 11.5. The molecular weight excluding hydrogens is 264 g/mol. The molecule has 0 saturated carbocycles. The predicted molar refractivity (Wildman–Crippen MR) is 77.1 cm³/mol. The summed E-state index contributed by atoms with van der Waals surface area (Å²) in [6.07, 6.45) is 1.59. The highest BCUT2D eigenvalue weighted by Gasteiger charge is 2.22. The number of carbonyl (C=O) groups is 2. The Morgan fingerprint density at radius 1 is 1.42 bits per heavy atom. The van der Waals surface area contributed by atoms with Crippen molar-refractivity contribution in [2.24, 2.45) is 0 Å². The highest BCUT2D eigenvalue weighted by Crippen LogP contribution is 2.14. The zero-order valence-corrected chi connectivity index (χ0v) is 11.8. The van der Waals surface area contributed by atoms with E-state index in [1.54, 1.807) is 37.3 Å². The van der Waals surface area contributed by atoms with E-state index in [0.29, 0.717) is 17.3 Å². The molecular formula is C14H17ClN2O2. The predicted octanol–water partition coefficient (Wildman–Crippen LogP) is 2.70. The average Bonchev–Trinajstić information content (AvgIpc) is 2.37. The van der Waals surface area contributed by atoms with E-state index >= 15 is 0 Å². The lowest BCUT2D eigenvalue weighted by atomic mass is 10.2. The molecule has 0 aromatic heterocycles. The van der Waals surface area contributed by atoms with Crippen LogP contribution in [0.2, 0.25) is 5.02 Å². The van der Waals surface area contributed by atoms with Gasteiger partial charge in [0.05, 0.1) is 0 Å². The second-order valence-corrected chi connectivity index (χ2v) is 4.57. The quantitative estimate of drug-likeness (QED) is 0.843. The van der Waals surface area contributed by atoms with Crippen LogP contribution in [-0.2, 0) is 9.59 Å². The highest BCUT2D eigenvalue weighted by atomic mass is 35.5. The Hall–Kier alpha value is -1.81. The van der Waals surface area contributed by atoms with Gasteiger partial charge in [-0.3, -0.25) is 9.59 Å². The van der Waals surface area contributed by atoms with Gasteiger partial charge in [-0.05, 0) is 31.2 Å². The molecule has 1 unspecified atom stereocenters. The van der Waals surface area contributed by atoms with Gasteiger partial charge in [-0.25, -0.2) is 0 Å². The van der Waals surface area contributed by atoms with Gasteiger partial charge in [0.25, 0.3) is 0 Å². The van der Waals surface area contributed by atoms with Crippen molar-refractivity contribution in [1.82, 2.24) is 4.90 Å². The standard InChI is InChI=1S/C14H17ClN2O2/c1-4-9-17(11(3)18)10(2)14(19)16-13-7-5-12(15)6-8-13/h4-8,10H,1,9H2,2-3H3,(H,16,19). The van der Waals surface area contributed by atoms with Crippen LogP contribution in [0.1, 0.15) is 13.8 Å². The van der Waals surface area contributed by atoms with Gasteiger partial charge in [0.15, 0.2) is 0 Å². The Morgan fingerprint density at radius 3 is 2.47 bits per heavy atom. The Morgan fingerprint density at radius 2 is 2.00 bits per heavy atom. The first-order valence-electron chi connectivity index (χ1n) is 5.90. The molecule has 0 saturated heterocycles. The molecule has 1 N–H and O–H groups in total. The molecule has 1 aromatic carbocycles. The number of rotatable bonds is 5. The third-order valence-corrected chi connectivity index (χ3v) is 2.94. The minimum Gasteiger partial charge on any atom is -0.327 e. The summed E-state index contributed by atoms with van der Waals surface area (Å²) in [4.78, 5) is 24.9. The van der Waals surface area contributed by atoms with E-state index in [2.05, 4.69) is 11.9 Å². The third kappa shape index (κ3) is 4.41. The van der Waals surface area contributed by atoms with Crippen LogP contribution >= 0.6 is 11.6 Å². The lowest BCUT2D eigenvalue weighted by Crippen LogP contribution is -2.44. The summed E-state index contributed by atoms with van der Waals surface area (Å²) in [6.45, 7) is 7.02. The summed E-state index contributed by atoms with van der Waals surface area (Å²) < 4.78 is 0. The van der Waals surface area contributed by atoms with Crippen LogP contribution in [0, 0.1) is 0 Å². The Balaban J connectivity index is 2.73. The lowest BCUT2D eigenvalue weighted by Gasteiger charge is -2.26. The minimum absolute atomic E-state index is 0.168. The van der Waals surface area contributed by atoms with Crippen LogP contribution in [0.5, 0.6) is 0 Å². The molecule has 1 rings (SSSR count). The van der Waals surface area contributed by atoms with Gasteiger partial charge in [0, 0.05) is 24.2 Å². The maximum atomic E-state index is 12.0. The SMILES string of the molecule is C=CCN(C(C)=O)C(C)C(=O)Nc1ccc(Cl)cc1. The van der Waals surface area contributed by atoms with Crippen molar-refractivity contribution in [3.63, 3.8) is 0 Å². The fourth-order valence-corrected chi connectivity index (χ4v) is 1.75. The number of carbonyl (C=O) groups excluding carboxylic acids is 2. The van der Waals surface area contributed by atoms with Crippen molar-refractivity contribution in [3.8, 4) is 0 Å². The lowest BCUT2D eigenvalue weighted by molar-refractivity contribution is -0.135. The molecule has 1 aromatic rings. The van der Waals surface area contributed by atoms with Gasteiger partial charge in [-0.1, -0.05) is 17.7 Å². The molecule has 4 nitrogen and oxygen atoms in total. The Bertz CT molecular complexity index is 471. The molecule has 0 radical (unpaired) electrons. The van der Waals surface area contributed by atoms with E-state index in [1.165, 1.54) is 11.8 Å². The molecule has 19 heavy (non-hydrogen) atoms. The van der Waals surface area contributed by atoms with Crippen LogP contribution in [0.3, 0.4) is 0 Å². The summed E-state index contributed by atoms with van der Waals surface area (Å²) in [5.74, 6) is -0.418. The van der Waals surface area contributed by atoms with E-state index < -0.39 is 6.04 Å². The van der Waals surface area contributed by atoms with E-state index in [9.17, 15) is 9.59 Å². The van der Waals surface area contributed by atoms with Crippen molar-refractivity contribution in [3.05, 3.63) is 41.9 Å². The first-order chi connectivity index (χ1) is 8.95. The van der Waals surface area contributed by atoms with E-state index in [1.807, 2.05) is 0 Å². The summed E-state index contributed by atoms with van der Waals surface area (Å²) in [7, 11) is 0. The fraction of sp³-hybridized carbons (Fsp3) is 0.286. The third-order valence-electron chi connectivity index (χ3n) is 2.69. The number of hydrogen-bond donors (Lipinski definition) is 1. The number of hydrogen-bond acceptors (Lipinski definition) is 2. The van der Waals surface area contributed by atoms with Crippen molar-refractivity contribution in [2.75, 3.05) is 11.9 Å². The second-order valence-electron chi connectivity index (χ2n) is 4.13. The second kappa shape index (κ2) is 6.95.